The number of nitrogens with one attached hydrogen (secondary N) is 3. The smallest absolute Gasteiger partial charge is 0.268 e. The molecule has 0 heterocycles. The van der Waals surface area contributed by atoms with Crippen LogP contribution in [-0.2, 0) is 22.4 Å². The maximum absolute atomic E-state index is 13.6. The van der Waals surface area contributed by atoms with Crippen molar-refractivity contribution < 1.29 is 9.59 Å². The summed E-state index contributed by atoms with van der Waals surface area (Å²) in [5.41, 5.74) is 14.6. The second-order valence-electron chi connectivity index (χ2n) is 11.0. The lowest BCUT2D eigenvalue weighted by Crippen LogP contribution is -2.48. The van der Waals surface area contributed by atoms with Crippen LogP contribution >= 0.6 is 0 Å². The third kappa shape index (κ3) is 11.5. The molecule has 4 aromatic rings. The van der Waals surface area contributed by atoms with Crippen LogP contribution in [0.15, 0.2) is 114 Å². The molecule has 1 atom stereocenters. The molecule has 8 heteroatoms. The van der Waals surface area contributed by atoms with E-state index < -0.39 is 6.04 Å². The molecular weight excluding hydrogens is 560 g/mol. The van der Waals surface area contributed by atoms with Gasteiger partial charge in [0.1, 0.15) is 11.7 Å². The second kappa shape index (κ2) is 17.9. The van der Waals surface area contributed by atoms with E-state index in [-0.39, 0.29) is 17.8 Å². The quantitative estimate of drug-likeness (QED) is 0.0516. The van der Waals surface area contributed by atoms with Gasteiger partial charge in [0.15, 0.2) is 5.96 Å². The first-order valence-electron chi connectivity index (χ1n) is 15.6. The number of hydrogen-bond acceptors (Lipinski definition) is 4. The average Bonchev–Trinajstić information content (AvgIpc) is 3.06. The molecule has 0 aliphatic heterocycles. The molecule has 2 amide bonds. The number of aryl methyl sites for hydroxylation is 1. The highest BCUT2D eigenvalue weighted by Gasteiger charge is 2.22. The summed E-state index contributed by atoms with van der Waals surface area (Å²) in [6.07, 6.45) is 6.08. The summed E-state index contributed by atoms with van der Waals surface area (Å²) in [7, 11) is 0. The van der Waals surface area contributed by atoms with Crippen LogP contribution in [0.25, 0.3) is 16.8 Å². The predicted octanol–water partition coefficient (Wildman–Crippen LogP) is 4.69. The van der Waals surface area contributed by atoms with E-state index in [0.717, 1.165) is 24.0 Å². The average molecular weight is 605 g/mol. The molecular formula is C37H44N6O2. The Morgan fingerprint density at radius 1 is 0.711 bits per heavy atom. The van der Waals surface area contributed by atoms with E-state index >= 15 is 0 Å². The number of unbranched alkanes of at least 4 members (excludes halogenated alkanes) is 1. The Labute approximate surface area is 266 Å². The van der Waals surface area contributed by atoms with Crippen molar-refractivity contribution in [1.82, 2.24) is 16.0 Å². The minimum atomic E-state index is -0.710. The molecule has 4 aromatic carbocycles. The second-order valence-corrected chi connectivity index (χ2v) is 11.0. The maximum atomic E-state index is 13.6. The van der Waals surface area contributed by atoms with Crippen molar-refractivity contribution >= 4 is 34.6 Å². The van der Waals surface area contributed by atoms with Gasteiger partial charge >= 0.3 is 0 Å². The van der Waals surface area contributed by atoms with Gasteiger partial charge in [-0.25, -0.2) is 0 Å². The van der Waals surface area contributed by atoms with Gasteiger partial charge < -0.3 is 27.4 Å². The highest BCUT2D eigenvalue weighted by Crippen LogP contribution is 2.16. The number of rotatable bonds is 17. The molecule has 0 bridgehead atoms. The lowest BCUT2D eigenvalue weighted by Gasteiger charge is -2.20. The first-order valence-corrected chi connectivity index (χ1v) is 15.6. The van der Waals surface area contributed by atoms with Gasteiger partial charge in [0.25, 0.3) is 5.91 Å². The van der Waals surface area contributed by atoms with E-state index in [0.29, 0.717) is 51.0 Å². The van der Waals surface area contributed by atoms with Crippen molar-refractivity contribution in [3.05, 3.63) is 126 Å². The Balaban J connectivity index is 1.40. The Hall–Kier alpha value is -5.11. The molecule has 0 radical (unpaired) electrons. The molecule has 0 spiro atoms. The first kappa shape index (κ1) is 32.8. The van der Waals surface area contributed by atoms with Crippen LogP contribution in [0, 0.1) is 0 Å². The third-order valence-electron chi connectivity index (χ3n) is 7.50. The van der Waals surface area contributed by atoms with Crippen molar-refractivity contribution in [1.29, 1.82) is 0 Å². The number of amides is 2. The lowest BCUT2D eigenvalue weighted by molar-refractivity contribution is -0.127. The summed E-state index contributed by atoms with van der Waals surface area (Å²) >= 11 is 0. The van der Waals surface area contributed by atoms with E-state index in [9.17, 15) is 9.59 Å². The molecule has 0 saturated heterocycles. The van der Waals surface area contributed by atoms with Crippen LogP contribution in [0.5, 0.6) is 0 Å². The number of nitrogens with two attached hydrogens (primary N) is 2. The van der Waals surface area contributed by atoms with Crippen LogP contribution in [0.4, 0.5) is 0 Å². The minimum Gasteiger partial charge on any atom is -0.381 e. The number of guanidine groups is 1. The largest absolute Gasteiger partial charge is 0.381 e. The van der Waals surface area contributed by atoms with Crippen molar-refractivity contribution in [3.8, 4) is 0 Å². The van der Waals surface area contributed by atoms with Crippen molar-refractivity contribution in [2.75, 3.05) is 19.6 Å². The van der Waals surface area contributed by atoms with Gasteiger partial charge in [-0.15, -0.1) is 0 Å². The highest BCUT2D eigenvalue weighted by molar-refractivity contribution is 5.99. The number of nitrogens with zero attached hydrogens (tertiary/aromatic N) is 1. The van der Waals surface area contributed by atoms with Gasteiger partial charge in [-0.1, -0.05) is 103 Å². The molecule has 0 aromatic heterocycles. The Morgan fingerprint density at radius 2 is 1.42 bits per heavy atom. The fraction of sp³-hybridized carbons (Fsp3) is 0.270. The van der Waals surface area contributed by atoms with E-state index in [1.165, 1.54) is 16.3 Å². The molecule has 45 heavy (non-hydrogen) atoms. The normalized spacial score (nSPS) is 11.9. The number of benzene rings is 4. The third-order valence-corrected chi connectivity index (χ3v) is 7.50. The molecule has 7 N–H and O–H groups in total. The molecule has 0 saturated carbocycles. The number of fused-ring (bicyclic) bond motifs is 1. The van der Waals surface area contributed by atoms with Crippen LogP contribution in [0.3, 0.4) is 0 Å². The summed E-state index contributed by atoms with van der Waals surface area (Å²) in [5, 5.41) is 11.7. The van der Waals surface area contributed by atoms with E-state index in [1.54, 1.807) is 0 Å². The molecule has 0 aliphatic carbocycles. The summed E-state index contributed by atoms with van der Waals surface area (Å²) in [4.78, 5) is 31.1. The molecule has 0 fully saturated rings. The standard InChI is InChI=1S/C37H44N6O2/c38-37(39)42-23-10-9-19-33(35(44)41-25-22-30-20-21-31-17-7-8-18-32(31)26-30)43-36(45)34(27-29-14-5-2-6-15-29)40-24-11-16-28-12-3-1-4-13-28/h1-8,12-15,17-18,20-21,26-27,33,40H,9-11,16,19,22-25H2,(H,41,44)(H,43,45)(H4,38,39,42)/b34-27+. The summed E-state index contributed by atoms with van der Waals surface area (Å²) < 4.78 is 0. The van der Waals surface area contributed by atoms with Gasteiger partial charge in [0.2, 0.25) is 5.91 Å². The van der Waals surface area contributed by atoms with Gasteiger partial charge in [0, 0.05) is 19.6 Å². The van der Waals surface area contributed by atoms with Gasteiger partial charge in [-0.3, -0.25) is 14.6 Å². The fourth-order valence-corrected chi connectivity index (χ4v) is 5.09. The number of aliphatic imine (C=N–C) groups is 1. The van der Waals surface area contributed by atoms with Gasteiger partial charge in [0.05, 0.1) is 0 Å². The highest BCUT2D eigenvalue weighted by atomic mass is 16.2. The summed E-state index contributed by atoms with van der Waals surface area (Å²) in [5.74, 6) is -0.494. The maximum Gasteiger partial charge on any atom is 0.268 e. The SMILES string of the molecule is NC(N)=NCCCCC(NC(=O)/C(=C\c1ccccc1)NCCCc1ccccc1)C(=O)NCCc1ccc2ccccc2c1. The zero-order valence-corrected chi connectivity index (χ0v) is 25.8. The van der Waals surface area contributed by atoms with Crippen LogP contribution in [0.1, 0.15) is 42.4 Å². The van der Waals surface area contributed by atoms with E-state index in [4.69, 9.17) is 11.5 Å². The topological polar surface area (TPSA) is 135 Å². The summed E-state index contributed by atoms with van der Waals surface area (Å²) in [6, 6.07) is 33.8. The molecule has 0 aliphatic rings. The monoisotopic (exact) mass is 604 g/mol. The van der Waals surface area contributed by atoms with E-state index in [2.05, 4.69) is 63.4 Å². The predicted molar refractivity (Wildman–Crippen MR) is 184 cm³/mol. The molecule has 8 nitrogen and oxygen atoms in total. The summed E-state index contributed by atoms with van der Waals surface area (Å²) in [6.45, 7) is 1.54. The van der Waals surface area contributed by atoms with Crippen molar-refractivity contribution in [2.45, 2.75) is 44.6 Å². The Morgan fingerprint density at radius 3 is 2.18 bits per heavy atom. The fourth-order valence-electron chi connectivity index (χ4n) is 5.09. The van der Waals surface area contributed by atoms with Crippen LogP contribution in [-0.4, -0.2) is 43.5 Å². The molecule has 4 rings (SSSR count). The zero-order valence-electron chi connectivity index (χ0n) is 25.8. The lowest BCUT2D eigenvalue weighted by atomic mass is 10.0. The minimum absolute atomic E-state index is 0.0420. The number of hydrogen-bond donors (Lipinski definition) is 5. The molecule has 234 valence electrons. The number of carbonyl (C=O) groups excluding carboxylic acids is 2. The van der Waals surface area contributed by atoms with E-state index in [1.807, 2.05) is 66.7 Å². The zero-order chi connectivity index (χ0) is 31.7. The first-order chi connectivity index (χ1) is 22.0. The Bertz CT molecular complexity index is 1570. The van der Waals surface area contributed by atoms with Crippen molar-refractivity contribution in [3.63, 3.8) is 0 Å². The van der Waals surface area contributed by atoms with Gasteiger partial charge in [-0.2, -0.15) is 0 Å². The van der Waals surface area contributed by atoms with Crippen LogP contribution in [0.2, 0.25) is 0 Å². The number of carbonyl (C=O) groups is 2. The van der Waals surface area contributed by atoms with Crippen LogP contribution < -0.4 is 27.4 Å². The Kier molecular flexibility index (Phi) is 13.0. The van der Waals surface area contributed by atoms with Crippen molar-refractivity contribution in [2.24, 2.45) is 16.5 Å². The van der Waals surface area contributed by atoms with Gasteiger partial charge in [-0.05, 0) is 72.1 Å². The molecule has 1 unspecified atom stereocenters.